The predicted octanol–water partition coefficient (Wildman–Crippen LogP) is 5.18. The first kappa shape index (κ1) is 19.2. The van der Waals surface area contributed by atoms with Gasteiger partial charge in [0.15, 0.2) is 10.2 Å². The number of carbonyl (C=O) groups is 1. The highest BCUT2D eigenvalue weighted by Gasteiger charge is 2.14. The summed E-state index contributed by atoms with van der Waals surface area (Å²) in [6.45, 7) is 0. The second-order valence-electron chi connectivity index (χ2n) is 5.05. The minimum absolute atomic E-state index is 0.0984. The number of rotatable bonds is 5. The van der Waals surface area contributed by atoms with Crippen LogP contribution in [0.4, 0.5) is 5.69 Å². The lowest BCUT2D eigenvalue weighted by molar-refractivity contribution is -0.112. The Morgan fingerprint density at radius 3 is 2.67 bits per heavy atom. The van der Waals surface area contributed by atoms with Gasteiger partial charge in [-0.05, 0) is 64.1 Å². The molecule has 0 saturated carbocycles. The first-order chi connectivity index (χ1) is 13.0. The summed E-state index contributed by atoms with van der Waals surface area (Å²) in [6.07, 6.45) is 4.62. The first-order valence-corrected chi connectivity index (χ1v) is 9.47. The zero-order valence-corrected chi connectivity index (χ0v) is 16.7. The molecule has 1 aromatic carbocycles. The molecule has 0 atom stereocenters. The van der Waals surface area contributed by atoms with Crippen LogP contribution in [0.1, 0.15) is 5.76 Å². The van der Waals surface area contributed by atoms with Gasteiger partial charge in [0, 0.05) is 29.2 Å². The van der Waals surface area contributed by atoms with Crippen LogP contribution in [0.15, 0.2) is 73.5 Å². The minimum Gasteiger partial charge on any atom is -0.449 e. The van der Waals surface area contributed by atoms with Crippen LogP contribution < -0.4 is 5.32 Å². The van der Waals surface area contributed by atoms with Crippen LogP contribution in [-0.4, -0.2) is 15.9 Å². The molecule has 2 aromatic heterocycles. The van der Waals surface area contributed by atoms with Gasteiger partial charge in [-0.1, -0.05) is 11.6 Å². The second-order valence-corrected chi connectivity index (χ2v) is 7.28. The molecule has 0 spiro atoms. The number of anilines is 1. The summed E-state index contributed by atoms with van der Waals surface area (Å²) in [4.78, 5) is 20.5. The lowest BCUT2D eigenvalue weighted by atomic mass is 10.2. The third-order valence-corrected chi connectivity index (χ3v) is 5.14. The Bertz CT molecular complexity index is 1030. The molecule has 1 amide bonds. The van der Waals surface area contributed by atoms with Crippen LogP contribution in [0, 0.1) is 11.3 Å². The van der Waals surface area contributed by atoms with Crippen molar-refractivity contribution in [3.05, 3.63) is 69.6 Å². The summed E-state index contributed by atoms with van der Waals surface area (Å²) in [6, 6.07) is 11.8. The summed E-state index contributed by atoms with van der Waals surface area (Å²) in [5.41, 5.74) is 0.433. The molecule has 0 bridgehead atoms. The molecular weight excluding hydrogens is 452 g/mol. The van der Waals surface area contributed by atoms with E-state index in [0.29, 0.717) is 31.2 Å². The Balaban J connectivity index is 1.77. The predicted molar refractivity (Wildman–Crippen MR) is 106 cm³/mol. The van der Waals surface area contributed by atoms with Gasteiger partial charge < -0.3 is 9.73 Å². The molecule has 6 nitrogen and oxygen atoms in total. The molecule has 0 aliphatic carbocycles. The lowest BCUT2D eigenvalue weighted by Gasteiger charge is -2.03. The molecule has 0 saturated heterocycles. The highest BCUT2D eigenvalue weighted by Crippen LogP contribution is 2.34. The van der Waals surface area contributed by atoms with Gasteiger partial charge in [-0.15, -0.1) is 0 Å². The van der Waals surface area contributed by atoms with Crippen LogP contribution >= 0.6 is 39.3 Å². The fraction of sp³-hybridized carbons (Fsp3) is 0. The van der Waals surface area contributed by atoms with E-state index in [1.54, 1.807) is 48.8 Å². The molecule has 27 heavy (non-hydrogen) atoms. The van der Waals surface area contributed by atoms with E-state index >= 15 is 0 Å². The molecule has 9 heteroatoms. The number of hydrogen-bond donors (Lipinski definition) is 1. The van der Waals surface area contributed by atoms with Crippen molar-refractivity contribution in [2.24, 2.45) is 0 Å². The molecule has 0 aliphatic rings. The monoisotopic (exact) mass is 460 g/mol. The highest BCUT2D eigenvalue weighted by atomic mass is 79.9. The number of aromatic nitrogens is 2. The number of nitrogens with zero attached hydrogens (tertiary/aromatic N) is 3. The van der Waals surface area contributed by atoms with E-state index in [4.69, 9.17) is 16.0 Å². The van der Waals surface area contributed by atoms with E-state index in [-0.39, 0.29) is 5.57 Å². The molecular formula is C18H10BrClN4O2S. The summed E-state index contributed by atoms with van der Waals surface area (Å²) in [5, 5.41) is 13.5. The van der Waals surface area contributed by atoms with E-state index in [9.17, 15) is 10.1 Å². The summed E-state index contributed by atoms with van der Waals surface area (Å²) in [7, 11) is 0. The maximum absolute atomic E-state index is 12.3. The van der Waals surface area contributed by atoms with Crippen molar-refractivity contribution in [3.63, 3.8) is 0 Å². The molecule has 1 N–H and O–H groups in total. The first-order valence-electron chi connectivity index (χ1n) is 7.48. The summed E-state index contributed by atoms with van der Waals surface area (Å²) in [5.74, 6) is -0.198. The van der Waals surface area contributed by atoms with Crippen LogP contribution in [0.25, 0.3) is 6.08 Å². The van der Waals surface area contributed by atoms with Gasteiger partial charge in [-0.3, -0.25) is 4.79 Å². The number of benzene rings is 1. The maximum atomic E-state index is 12.3. The highest BCUT2D eigenvalue weighted by molar-refractivity contribution is 9.10. The van der Waals surface area contributed by atoms with E-state index in [1.807, 2.05) is 6.07 Å². The van der Waals surface area contributed by atoms with Crippen molar-refractivity contribution in [1.82, 2.24) is 9.97 Å². The van der Waals surface area contributed by atoms with Gasteiger partial charge in [0.2, 0.25) is 0 Å². The zero-order valence-electron chi connectivity index (χ0n) is 13.5. The minimum atomic E-state index is -0.548. The van der Waals surface area contributed by atoms with Crippen molar-refractivity contribution in [2.45, 2.75) is 10.2 Å². The zero-order chi connectivity index (χ0) is 19.2. The van der Waals surface area contributed by atoms with Gasteiger partial charge >= 0.3 is 0 Å². The molecule has 0 fully saturated rings. The fourth-order valence-corrected chi connectivity index (χ4v) is 3.32. The van der Waals surface area contributed by atoms with Gasteiger partial charge in [0.05, 0.1) is 4.47 Å². The Kier molecular flexibility index (Phi) is 6.29. The molecule has 2 heterocycles. The Morgan fingerprint density at radius 2 is 2.00 bits per heavy atom. The van der Waals surface area contributed by atoms with Gasteiger partial charge in [-0.2, -0.15) is 5.26 Å². The Hall–Kier alpha value is -2.60. The number of amides is 1. The fourth-order valence-electron chi connectivity index (χ4n) is 1.95. The van der Waals surface area contributed by atoms with Gasteiger partial charge in [0.25, 0.3) is 5.91 Å². The van der Waals surface area contributed by atoms with Crippen LogP contribution in [-0.2, 0) is 4.79 Å². The van der Waals surface area contributed by atoms with E-state index in [1.165, 1.54) is 17.8 Å². The molecule has 3 rings (SSSR count). The van der Waals surface area contributed by atoms with Crippen LogP contribution in [0.3, 0.4) is 0 Å². The number of halogens is 2. The second kappa shape index (κ2) is 8.86. The standard InChI is InChI=1S/C18H10BrClN4O2S/c19-15-9-14(26-17(15)27-18-22-6-1-7-23-18)8-11(10-21)16(25)24-13-4-2-12(20)3-5-13/h1-9H,(H,24,25)/b11-8+. The van der Waals surface area contributed by atoms with E-state index in [2.05, 4.69) is 31.2 Å². The van der Waals surface area contributed by atoms with Crippen LogP contribution in [0.2, 0.25) is 5.02 Å². The molecule has 134 valence electrons. The SMILES string of the molecule is N#C/C(=C\c1cc(Br)c(Sc2ncccn2)o1)C(=O)Nc1ccc(Cl)cc1. The van der Waals surface area contributed by atoms with Crippen LogP contribution in [0.5, 0.6) is 0 Å². The average molecular weight is 462 g/mol. The van der Waals surface area contributed by atoms with E-state index < -0.39 is 5.91 Å². The lowest BCUT2D eigenvalue weighted by Crippen LogP contribution is -2.13. The number of hydrogen-bond acceptors (Lipinski definition) is 6. The van der Waals surface area contributed by atoms with Gasteiger partial charge in [-0.25, -0.2) is 9.97 Å². The van der Waals surface area contributed by atoms with Crippen molar-refractivity contribution < 1.29 is 9.21 Å². The van der Waals surface area contributed by atoms with Gasteiger partial charge in [0.1, 0.15) is 17.4 Å². The molecule has 0 radical (unpaired) electrons. The number of furan rings is 1. The smallest absolute Gasteiger partial charge is 0.266 e. The number of nitrogens with one attached hydrogen (secondary N) is 1. The van der Waals surface area contributed by atoms with Crippen molar-refractivity contribution in [3.8, 4) is 6.07 Å². The quantitative estimate of drug-likeness (QED) is 0.320. The normalized spacial score (nSPS) is 11.1. The molecule has 3 aromatic rings. The Labute approximate surface area is 172 Å². The topological polar surface area (TPSA) is 91.8 Å². The van der Waals surface area contributed by atoms with Crippen molar-refractivity contribution in [1.29, 1.82) is 5.26 Å². The van der Waals surface area contributed by atoms with E-state index in [0.717, 1.165) is 0 Å². The third kappa shape index (κ3) is 5.20. The molecule has 0 aliphatic heterocycles. The number of carbonyl (C=O) groups excluding carboxylic acids is 1. The Morgan fingerprint density at radius 1 is 1.30 bits per heavy atom. The van der Waals surface area contributed by atoms with Crippen molar-refractivity contribution in [2.75, 3.05) is 5.32 Å². The average Bonchev–Trinajstić information content (AvgIpc) is 3.01. The summed E-state index contributed by atoms with van der Waals surface area (Å²) < 4.78 is 6.35. The van der Waals surface area contributed by atoms with Crippen molar-refractivity contribution >= 4 is 57.0 Å². The maximum Gasteiger partial charge on any atom is 0.266 e. The number of nitriles is 1. The summed E-state index contributed by atoms with van der Waals surface area (Å²) >= 11 is 10.4. The molecule has 0 unspecified atom stereocenters. The largest absolute Gasteiger partial charge is 0.449 e. The third-order valence-electron chi connectivity index (χ3n) is 3.15.